The molecule has 4 aliphatic carbocycles. The van der Waals surface area contributed by atoms with Crippen LogP contribution in [0.4, 0.5) is 0 Å². The lowest BCUT2D eigenvalue weighted by Crippen LogP contribution is -2.72. The molecule has 0 aromatic heterocycles. The van der Waals surface area contributed by atoms with Gasteiger partial charge in [-0.2, -0.15) is 0 Å². The summed E-state index contributed by atoms with van der Waals surface area (Å²) in [4.78, 5) is 26.2. The number of methoxy groups -OCH3 is 2. The maximum absolute atomic E-state index is 13.3. The fraction of sp³-hybridized carbons (Fsp3) is 0.857. The van der Waals surface area contributed by atoms with Gasteiger partial charge >= 0.3 is 11.9 Å². The maximum Gasteiger partial charge on any atom is 0.338 e. The lowest BCUT2D eigenvalue weighted by Gasteiger charge is -2.66. The molecule has 4 saturated heterocycles. The molecule has 79 heavy (non-hydrogen) atoms. The molecule has 0 bridgehead atoms. The topological polar surface area (TPSA) is 327 Å². The summed E-state index contributed by atoms with van der Waals surface area (Å²) >= 11 is 0. The van der Waals surface area contributed by atoms with Crippen LogP contribution in [0.15, 0.2) is 30.3 Å². The molecule has 4 saturated carbocycles. The third-order valence-corrected chi connectivity index (χ3v) is 20.1. The third kappa shape index (κ3) is 11.2. The second-order valence-electron chi connectivity index (χ2n) is 24.1. The zero-order chi connectivity index (χ0) is 57.1. The molecular weight excluding hydrogens is 1040 g/mol. The number of benzene rings is 1. The van der Waals surface area contributed by atoms with Crippen LogP contribution in [-0.2, 0) is 61.6 Å². The molecule has 4 heterocycles. The Morgan fingerprint density at radius 2 is 1.28 bits per heavy atom. The quantitative estimate of drug-likeness (QED) is 0.0814. The van der Waals surface area contributed by atoms with Crippen molar-refractivity contribution >= 4 is 11.9 Å². The van der Waals surface area contributed by atoms with Crippen molar-refractivity contribution in [2.24, 2.45) is 28.6 Å². The van der Waals surface area contributed by atoms with Gasteiger partial charge < -0.3 is 103 Å². The normalized spacial score (nSPS) is 49.4. The number of esters is 2. The molecule has 0 amide bonds. The van der Waals surface area contributed by atoms with Crippen LogP contribution in [0.2, 0.25) is 0 Å². The van der Waals surface area contributed by atoms with Gasteiger partial charge in [-0.3, -0.25) is 4.79 Å². The van der Waals surface area contributed by atoms with E-state index in [9.17, 15) is 55.5 Å². The van der Waals surface area contributed by atoms with Crippen LogP contribution >= 0.6 is 0 Å². The van der Waals surface area contributed by atoms with E-state index < -0.39 is 165 Å². The highest BCUT2D eigenvalue weighted by Crippen LogP contribution is 2.71. The Hall–Kier alpha value is -2.60. The molecule has 8 fully saturated rings. The Bertz CT molecular complexity index is 2210. The first-order valence-electron chi connectivity index (χ1n) is 28.2. The zero-order valence-electron chi connectivity index (χ0n) is 46.5. The second-order valence-corrected chi connectivity index (χ2v) is 24.1. The van der Waals surface area contributed by atoms with Crippen LogP contribution in [-0.4, -0.2) is 225 Å². The maximum atomic E-state index is 13.3. The summed E-state index contributed by atoms with van der Waals surface area (Å²) in [5.41, 5.74) is -4.36. The molecule has 0 radical (unpaired) electrons. The average molecular weight is 1130 g/mol. The van der Waals surface area contributed by atoms with Gasteiger partial charge in [-0.15, -0.1) is 0 Å². The van der Waals surface area contributed by atoms with Crippen molar-refractivity contribution in [3.8, 4) is 0 Å². The number of ether oxygens (including phenoxy) is 12. The number of hydrogen-bond donors (Lipinski definition) is 9. The number of rotatable bonds is 16. The first-order chi connectivity index (χ1) is 37.4. The predicted octanol–water partition coefficient (Wildman–Crippen LogP) is 0.742. The lowest BCUT2D eigenvalue weighted by atomic mass is 9.42. The first-order valence-corrected chi connectivity index (χ1v) is 28.2. The summed E-state index contributed by atoms with van der Waals surface area (Å²) < 4.78 is 73.3. The van der Waals surface area contributed by atoms with Gasteiger partial charge in [0.25, 0.3) is 0 Å². The third-order valence-electron chi connectivity index (χ3n) is 20.1. The van der Waals surface area contributed by atoms with Gasteiger partial charge in [0, 0.05) is 34.0 Å². The van der Waals surface area contributed by atoms with Crippen molar-refractivity contribution < 1.29 is 112 Å². The molecule has 8 aliphatic rings. The largest absolute Gasteiger partial charge is 0.462 e. The molecule has 23 nitrogen and oxygen atoms in total. The van der Waals surface area contributed by atoms with Crippen molar-refractivity contribution in [3.05, 3.63) is 35.9 Å². The summed E-state index contributed by atoms with van der Waals surface area (Å²) in [6.07, 6.45) is -18.0. The smallest absolute Gasteiger partial charge is 0.338 e. The van der Waals surface area contributed by atoms with E-state index in [-0.39, 0.29) is 48.5 Å². The number of carbonyl (C=O) groups excluding carboxylic acids is 2. The summed E-state index contributed by atoms with van der Waals surface area (Å²) in [5.74, 6) is -1.11. The number of aliphatic hydroxyl groups is 9. The van der Waals surface area contributed by atoms with Crippen LogP contribution in [0.25, 0.3) is 0 Å². The Kier molecular flexibility index (Phi) is 18.7. The molecule has 9 rings (SSSR count). The van der Waals surface area contributed by atoms with E-state index in [1.807, 2.05) is 13.8 Å². The van der Waals surface area contributed by atoms with Gasteiger partial charge in [0.1, 0.15) is 78.8 Å². The summed E-state index contributed by atoms with van der Waals surface area (Å²) in [7, 11) is 3.08. The van der Waals surface area contributed by atoms with Gasteiger partial charge in [-0.1, -0.05) is 32.0 Å². The van der Waals surface area contributed by atoms with E-state index >= 15 is 0 Å². The monoisotopic (exact) mass is 1130 g/mol. The fourth-order valence-electron chi connectivity index (χ4n) is 15.4. The van der Waals surface area contributed by atoms with Gasteiger partial charge in [0.15, 0.2) is 25.2 Å². The van der Waals surface area contributed by atoms with E-state index in [4.69, 9.17) is 56.8 Å². The molecule has 0 spiro atoms. The Morgan fingerprint density at radius 3 is 1.90 bits per heavy atom. The van der Waals surface area contributed by atoms with E-state index in [1.54, 1.807) is 51.3 Å². The highest BCUT2D eigenvalue weighted by molar-refractivity contribution is 5.89. The van der Waals surface area contributed by atoms with Crippen molar-refractivity contribution in [1.82, 2.24) is 0 Å². The Morgan fingerprint density at radius 1 is 0.684 bits per heavy atom. The Labute approximate surface area is 460 Å². The molecule has 1 unspecified atom stereocenters. The van der Waals surface area contributed by atoms with Crippen LogP contribution in [0.5, 0.6) is 0 Å². The second kappa shape index (κ2) is 24.2. The van der Waals surface area contributed by atoms with E-state index in [0.717, 1.165) is 25.7 Å². The van der Waals surface area contributed by atoms with Gasteiger partial charge in [0.2, 0.25) is 0 Å². The standard InChI is InChI=1S/C56H86O23/c1-26-48(78-41-23-36(69-8)49(27(2)72-41)79-52-47(64)45(62)43(60)38(77-52)25-70-51-46(63)44(61)42(59)37(24-57)76-51)35(68-7)22-40(71-26)75-32-16-17-53(5)31(20-32)14-15-33-34(53)21-39(74-29(4)58)54(6)55(66,18-19-56(33,54)67)28(3)73-50(65)30-12-10-9-11-13-30/h9-13,26-28,31-49,51-52,57,59-64,66-67H,14-25H2,1-8H3/t26-,27-,28?,31+,32+,33-,34+,35+,36-,37-,38-,39-,40+,41+,42-,43-,44+,45+,46-,47-,48-,49-,51-,52+,53+,54-,55-,56+/m1/s1. The van der Waals surface area contributed by atoms with Crippen molar-refractivity contribution in [2.75, 3.05) is 27.4 Å². The molecule has 4 aliphatic heterocycles. The molecule has 1 aromatic rings. The van der Waals surface area contributed by atoms with E-state index in [0.29, 0.717) is 24.8 Å². The van der Waals surface area contributed by atoms with Crippen molar-refractivity contribution in [3.63, 3.8) is 0 Å². The summed E-state index contributed by atoms with van der Waals surface area (Å²) in [5, 5.41) is 98.8. The van der Waals surface area contributed by atoms with Crippen LogP contribution < -0.4 is 0 Å². The summed E-state index contributed by atoms with van der Waals surface area (Å²) in [6, 6.07) is 8.57. The van der Waals surface area contributed by atoms with Gasteiger partial charge in [-0.05, 0) is 107 Å². The minimum atomic E-state index is -1.76. The number of carbonyl (C=O) groups is 2. The van der Waals surface area contributed by atoms with Crippen molar-refractivity contribution in [1.29, 1.82) is 0 Å². The van der Waals surface area contributed by atoms with Gasteiger partial charge in [-0.25, -0.2) is 4.79 Å². The minimum Gasteiger partial charge on any atom is -0.462 e. The predicted molar refractivity (Wildman–Crippen MR) is 271 cm³/mol. The zero-order valence-corrected chi connectivity index (χ0v) is 46.5. The van der Waals surface area contributed by atoms with E-state index in [1.165, 1.54) is 14.0 Å². The molecule has 1 aromatic carbocycles. The molecule has 448 valence electrons. The van der Waals surface area contributed by atoms with Crippen molar-refractivity contribution in [2.45, 2.75) is 246 Å². The number of aliphatic hydroxyl groups excluding tert-OH is 7. The molecule has 23 heteroatoms. The number of fused-ring (bicyclic) bond motifs is 5. The molecule has 28 atom stereocenters. The highest BCUT2D eigenvalue weighted by Gasteiger charge is 2.77. The fourth-order valence-corrected chi connectivity index (χ4v) is 15.4. The Balaban J connectivity index is 0.791. The van der Waals surface area contributed by atoms with Crippen LogP contribution in [0.3, 0.4) is 0 Å². The van der Waals surface area contributed by atoms with E-state index in [2.05, 4.69) is 6.92 Å². The SMILES string of the molecule is CO[C@H]1C[C@H](O[C@H]2CC[C@@]3(C)[C@@H](CC[C@@H]4[C@@H]3C[C@@H](OC(C)=O)[C@]3(C)[C@](O)(C(C)OC(=O)c5ccccc5)CC[C@]43O)C2)O[C@H](C)[C@H]1O[C@H]1C[C@@H](OC)[C@H](O[C@@H]2O[C@H](CO[C@@H]3O[C@H](CO)[C@@H](O)[C@H](O)[C@H]3O)[C@@H](O)[C@H](O)[C@H]2O)[C@@H](C)O1. The number of hydrogen-bond acceptors (Lipinski definition) is 23. The highest BCUT2D eigenvalue weighted by atomic mass is 16.8. The average Bonchev–Trinajstić information content (AvgIpc) is 2.68. The minimum absolute atomic E-state index is 0.0347. The summed E-state index contributed by atoms with van der Waals surface area (Å²) in [6.45, 7) is 9.51. The van der Waals surface area contributed by atoms with Crippen LogP contribution in [0, 0.1) is 28.6 Å². The van der Waals surface area contributed by atoms with Gasteiger partial charge in [0.05, 0.1) is 60.3 Å². The first kappa shape index (κ1) is 61.0. The van der Waals surface area contributed by atoms with Crippen LogP contribution in [0.1, 0.15) is 116 Å². The lowest BCUT2D eigenvalue weighted by molar-refractivity contribution is -0.360. The molecule has 9 N–H and O–H groups in total. The molecular formula is C56H86O23.